The van der Waals surface area contributed by atoms with E-state index in [1.54, 1.807) is 42.5 Å². The minimum absolute atomic E-state index is 0.328. The summed E-state index contributed by atoms with van der Waals surface area (Å²) in [6.45, 7) is 0. The largest absolute Gasteiger partial charge is 0.465 e. The molecule has 6 nitrogen and oxygen atoms in total. The van der Waals surface area contributed by atoms with Crippen molar-refractivity contribution in [3.63, 3.8) is 0 Å². The fourth-order valence-electron chi connectivity index (χ4n) is 2.80. The van der Waals surface area contributed by atoms with Gasteiger partial charge in [0.15, 0.2) is 6.17 Å². The zero-order valence-corrected chi connectivity index (χ0v) is 15.1. The van der Waals surface area contributed by atoms with E-state index in [1.807, 2.05) is 18.2 Å². The van der Waals surface area contributed by atoms with Gasteiger partial charge in [-0.25, -0.2) is 5.01 Å². The second kappa shape index (κ2) is 6.68. The fourth-order valence-corrected chi connectivity index (χ4v) is 3.16. The van der Waals surface area contributed by atoms with Crippen LogP contribution >= 0.6 is 15.9 Å². The molecule has 0 spiro atoms. The van der Waals surface area contributed by atoms with Crippen LogP contribution in [0.25, 0.3) is 0 Å². The second-order valence-electron chi connectivity index (χ2n) is 5.73. The molecule has 2 N–H and O–H groups in total. The Balaban J connectivity index is 1.71. The Hall–Kier alpha value is -3.06. The Morgan fingerprint density at radius 3 is 2.65 bits per heavy atom. The van der Waals surface area contributed by atoms with E-state index >= 15 is 0 Å². The molecule has 1 aliphatic rings. The van der Waals surface area contributed by atoms with Gasteiger partial charge in [0.1, 0.15) is 5.76 Å². The predicted molar refractivity (Wildman–Crippen MR) is 99.3 cm³/mol. The van der Waals surface area contributed by atoms with Crippen LogP contribution in [-0.4, -0.2) is 16.8 Å². The van der Waals surface area contributed by atoms with Crippen LogP contribution in [0.5, 0.6) is 0 Å². The van der Waals surface area contributed by atoms with Crippen molar-refractivity contribution in [2.45, 2.75) is 6.17 Å². The summed E-state index contributed by atoms with van der Waals surface area (Å²) in [5.41, 5.74) is 4.27. The number of nitrogens with zero attached hydrogens (tertiary/aromatic N) is 1. The minimum atomic E-state index is -0.654. The molecule has 0 saturated heterocycles. The van der Waals surface area contributed by atoms with Crippen LogP contribution in [0.1, 0.15) is 32.6 Å². The third-order valence-electron chi connectivity index (χ3n) is 4.05. The Kier molecular flexibility index (Phi) is 4.22. The van der Waals surface area contributed by atoms with Gasteiger partial charge in [0, 0.05) is 15.7 Å². The lowest BCUT2D eigenvalue weighted by atomic mass is 10.1. The number of furan rings is 1. The number of halogens is 1. The van der Waals surface area contributed by atoms with Crippen LogP contribution in [0.3, 0.4) is 0 Å². The SMILES string of the molecule is O=C(NN1C(=O)c2cc(Br)ccc2NC1c1ccco1)c1ccccc1. The highest BCUT2D eigenvalue weighted by Gasteiger charge is 2.36. The van der Waals surface area contributed by atoms with E-state index in [9.17, 15) is 9.59 Å². The lowest BCUT2D eigenvalue weighted by molar-refractivity contribution is 0.0467. The van der Waals surface area contributed by atoms with Gasteiger partial charge in [-0.1, -0.05) is 34.1 Å². The highest BCUT2D eigenvalue weighted by atomic mass is 79.9. The highest BCUT2D eigenvalue weighted by Crippen LogP contribution is 2.33. The van der Waals surface area contributed by atoms with E-state index in [0.29, 0.717) is 22.6 Å². The third-order valence-corrected chi connectivity index (χ3v) is 4.55. The molecule has 2 amide bonds. The number of nitrogens with one attached hydrogen (secondary N) is 2. The third kappa shape index (κ3) is 2.97. The normalized spacial score (nSPS) is 16.0. The van der Waals surface area contributed by atoms with Crippen molar-refractivity contribution in [1.29, 1.82) is 0 Å². The molecule has 1 unspecified atom stereocenters. The smallest absolute Gasteiger partial charge is 0.276 e. The Morgan fingerprint density at radius 1 is 1.12 bits per heavy atom. The summed E-state index contributed by atoms with van der Waals surface area (Å²) in [6.07, 6.45) is 0.870. The molecule has 7 heteroatoms. The highest BCUT2D eigenvalue weighted by molar-refractivity contribution is 9.10. The first-order chi connectivity index (χ1) is 12.6. The van der Waals surface area contributed by atoms with Gasteiger partial charge < -0.3 is 9.73 Å². The monoisotopic (exact) mass is 411 g/mol. The number of carbonyl (C=O) groups is 2. The summed E-state index contributed by atoms with van der Waals surface area (Å²) in [6, 6.07) is 17.6. The van der Waals surface area contributed by atoms with Crippen molar-refractivity contribution in [3.8, 4) is 0 Å². The summed E-state index contributed by atoms with van der Waals surface area (Å²) >= 11 is 3.37. The predicted octanol–water partition coefficient (Wildman–Crippen LogP) is 3.95. The molecule has 0 bridgehead atoms. The van der Waals surface area contributed by atoms with E-state index in [0.717, 1.165) is 4.47 Å². The van der Waals surface area contributed by atoms with Crippen LogP contribution < -0.4 is 10.7 Å². The number of rotatable bonds is 3. The molecular weight excluding hydrogens is 398 g/mol. The van der Waals surface area contributed by atoms with Gasteiger partial charge in [-0.2, -0.15) is 0 Å². The Morgan fingerprint density at radius 2 is 1.92 bits per heavy atom. The average molecular weight is 412 g/mol. The number of hydrogen-bond acceptors (Lipinski definition) is 4. The molecule has 1 aliphatic heterocycles. The topological polar surface area (TPSA) is 74.6 Å². The summed E-state index contributed by atoms with van der Waals surface area (Å²) in [5.74, 6) is -0.193. The van der Waals surface area contributed by atoms with Crippen LogP contribution in [0.15, 0.2) is 75.8 Å². The molecule has 0 radical (unpaired) electrons. The number of fused-ring (bicyclic) bond motifs is 1. The first-order valence-electron chi connectivity index (χ1n) is 7.92. The van der Waals surface area contributed by atoms with Crippen LogP contribution in [0, 0.1) is 0 Å². The lowest BCUT2D eigenvalue weighted by Gasteiger charge is -2.36. The van der Waals surface area contributed by atoms with Gasteiger partial charge in [-0.15, -0.1) is 0 Å². The molecule has 4 rings (SSSR count). The maximum atomic E-state index is 13.1. The Bertz CT molecular complexity index is 957. The molecule has 0 fully saturated rings. The number of hydrazine groups is 1. The molecule has 1 atom stereocenters. The number of amides is 2. The average Bonchev–Trinajstić information content (AvgIpc) is 3.19. The van der Waals surface area contributed by atoms with E-state index in [-0.39, 0.29) is 11.8 Å². The minimum Gasteiger partial charge on any atom is -0.465 e. The molecule has 3 aromatic rings. The van der Waals surface area contributed by atoms with Gasteiger partial charge in [0.25, 0.3) is 11.8 Å². The molecule has 2 aromatic carbocycles. The van der Waals surface area contributed by atoms with Gasteiger partial charge in [0.05, 0.1) is 11.8 Å². The van der Waals surface area contributed by atoms with Gasteiger partial charge in [-0.05, 0) is 42.5 Å². The number of carbonyl (C=O) groups excluding carboxylic acids is 2. The van der Waals surface area contributed by atoms with E-state index in [4.69, 9.17) is 4.42 Å². The summed E-state index contributed by atoms with van der Waals surface area (Å²) in [4.78, 5) is 25.6. The van der Waals surface area contributed by atoms with Crippen molar-refractivity contribution in [2.75, 3.05) is 5.32 Å². The molecule has 26 heavy (non-hydrogen) atoms. The van der Waals surface area contributed by atoms with Gasteiger partial charge >= 0.3 is 0 Å². The number of anilines is 1. The first-order valence-corrected chi connectivity index (χ1v) is 8.72. The molecule has 1 aromatic heterocycles. The van der Waals surface area contributed by atoms with Crippen molar-refractivity contribution in [3.05, 3.63) is 88.3 Å². The van der Waals surface area contributed by atoms with Crippen molar-refractivity contribution in [1.82, 2.24) is 10.4 Å². The van der Waals surface area contributed by atoms with Gasteiger partial charge in [0.2, 0.25) is 0 Å². The molecule has 0 saturated carbocycles. The summed E-state index contributed by atoms with van der Waals surface area (Å²) in [7, 11) is 0. The van der Waals surface area contributed by atoms with E-state index < -0.39 is 6.17 Å². The van der Waals surface area contributed by atoms with Crippen molar-refractivity contribution < 1.29 is 14.0 Å². The maximum absolute atomic E-state index is 13.1. The number of hydrogen-bond donors (Lipinski definition) is 2. The Labute approximate surface area is 157 Å². The maximum Gasteiger partial charge on any atom is 0.276 e. The first kappa shape index (κ1) is 16.4. The zero-order valence-electron chi connectivity index (χ0n) is 13.5. The molecule has 2 heterocycles. The molecular formula is C19H14BrN3O3. The van der Waals surface area contributed by atoms with Crippen molar-refractivity contribution >= 4 is 33.4 Å². The van der Waals surface area contributed by atoms with Gasteiger partial charge in [-0.3, -0.25) is 15.0 Å². The standard InChI is InChI=1S/C19H14BrN3O3/c20-13-8-9-15-14(11-13)19(25)23(17(21-15)16-7-4-10-26-16)22-18(24)12-5-2-1-3-6-12/h1-11,17,21H,(H,22,24). The van der Waals surface area contributed by atoms with Crippen LogP contribution in [0.2, 0.25) is 0 Å². The number of benzene rings is 2. The quantitative estimate of drug-likeness (QED) is 0.683. The van der Waals surface area contributed by atoms with E-state index in [1.165, 1.54) is 11.3 Å². The van der Waals surface area contributed by atoms with Crippen LogP contribution in [-0.2, 0) is 0 Å². The second-order valence-corrected chi connectivity index (χ2v) is 6.65. The zero-order chi connectivity index (χ0) is 18.1. The lowest BCUT2D eigenvalue weighted by Crippen LogP contribution is -2.52. The molecule has 130 valence electrons. The summed E-state index contributed by atoms with van der Waals surface area (Å²) in [5, 5.41) is 4.49. The van der Waals surface area contributed by atoms with Crippen molar-refractivity contribution in [2.24, 2.45) is 0 Å². The molecule has 0 aliphatic carbocycles. The fraction of sp³-hybridized carbons (Fsp3) is 0.0526. The van der Waals surface area contributed by atoms with Crippen LogP contribution in [0.4, 0.5) is 5.69 Å². The summed E-state index contributed by atoms with van der Waals surface area (Å²) < 4.78 is 6.24. The van der Waals surface area contributed by atoms with E-state index in [2.05, 4.69) is 26.7 Å².